The van der Waals surface area contributed by atoms with Crippen LogP contribution in [0.1, 0.15) is 12.5 Å². The van der Waals surface area contributed by atoms with Gasteiger partial charge in [-0.25, -0.2) is 16.8 Å². The predicted molar refractivity (Wildman–Crippen MR) is 67.3 cm³/mol. The van der Waals surface area contributed by atoms with E-state index in [4.69, 9.17) is 10.7 Å². The van der Waals surface area contributed by atoms with Crippen LogP contribution in [0.2, 0.25) is 0 Å². The van der Waals surface area contributed by atoms with Crippen molar-refractivity contribution in [1.29, 1.82) is 0 Å². The van der Waals surface area contributed by atoms with Gasteiger partial charge in [-0.2, -0.15) is 0 Å². The van der Waals surface area contributed by atoms with Gasteiger partial charge in [-0.3, -0.25) is 4.72 Å². The number of benzene rings is 1. The van der Waals surface area contributed by atoms with E-state index in [-0.39, 0.29) is 10.6 Å². The first-order valence-corrected chi connectivity index (χ1v) is 8.67. The van der Waals surface area contributed by atoms with Gasteiger partial charge in [0.1, 0.15) is 0 Å². The zero-order chi connectivity index (χ0) is 13.3. The van der Waals surface area contributed by atoms with Crippen molar-refractivity contribution >= 4 is 35.4 Å². The SMILES string of the molecule is CCS(=O)(=O)Nc1ccc(S(=O)(=O)Cl)c(C)c1. The number of hydrogen-bond donors (Lipinski definition) is 1. The molecule has 0 heterocycles. The second-order valence-electron chi connectivity index (χ2n) is 3.42. The molecule has 0 aliphatic carbocycles. The molecule has 1 aromatic carbocycles. The highest BCUT2D eigenvalue weighted by Crippen LogP contribution is 2.23. The monoisotopic (exact) mass is 297 g/mol. The molecule has 0 aliphatic rings. The lowest BCUT2D eigenvalue weighted by Crippen LogP contribution is -2.14. The molecule has 17 heavy (non-hydrogen) atoms. The Balaban J connectivity index is 3.15. The van der Waals surface area contributed by atoms with E-state index in [1.807, 2.05) is 0 Å². The molecule has 8 heteroatoms. The second kappa shape index (κ2) is 4.83. The number of sulfonamides is 1. The van der Waals surface area contributed by atoms with Crippen LogP contribution in [0.4, 0.5) is 5.69 Å². The van der Waals surface area contributed by atoms with Crippen molar-refractivity contribution in [3.63, 3.8) is 0 Å². The molecule has 0 saturated heterocycles. The van der Waals surface area contributed by atoms with E-state index in [0.29, 0.717) is 11.3 Å². The molecule has 0 radical (unpaired) electrons. The van der Waals surface area contributed by atoms with Crippen molar-refractivity contribution in [2.45, 2.75) is 18.7 Å². The van der Waals surface area contributed by atoms with Gasteiger partial charge >= 0.3 is 0 Å². The van der Waals surface area contributed by atoms with Crippen LogP contribution in [0.3, 0.4) is 0 Å². The highest BCUT2D eigenvalue weighted by Gasteiger charge is 2.14. The summed E-state index contributed by atoms with van der Waals surface area (Å²) >= 11 is 0. The van der Waals surface area contributed by atoms with Gasteiger partial charge in [0.15, 0.2) is 0 Å². The maximum atomic E-state index is 11.3. The topological polar surface area (TPSA) is 80.3 Å². The Morgan fingerprint density at radius 2 is 1.82 bits per heavy atom. The third-order valence-electron chi connectivity index (χ3n) is 2.09. The van der Waals surface area contributed by atoms with Crippen molar-refractivity contribution in [3.05, 3.63) is 23.8 Å². The van der Waals surface area contributed by atoms with Crippen molar-refractivity contribution < 1.29 is 16.8 Å². The molecule has 0 bridgehead atoms. The van der Waals surface area contributed by atoms with Gasteiger partial charge in [0.05, 0.1) is 10.6 Å². The predicted octanol–water partition coefficient (Wildman–Crippen LogP) is 1.68. The Labute approximate surface area is 105 Å². The van der Waals surface area contributed by atoms with Gasteiger partial charge in [-0.1, -0.05) is 0 Å². The fourth-order valence-electron chi connectivity index (χ4n) is 1.24. The fraction of sp³-hybridized carbons (Fsp3) is 0.333. The first-order valence-electron chi connectivity index (χ1n) is 4.71. The molecule has 1 aromatic rings. The Bertz CT molecular complexity index is 622. The summed E-state index contributed by atoms with van der Waals surface area (Å²) in [5.41, 5.74) is 0.699. The number of aryl methyl sites for hydroxylation is 1. The van der Waals surface area contributed by atoms with E-state index < -0.39 is 19.1 Å². The quantitative estimate of drug-likeness (QED) is 0.858. The van der Waals surface area contributed by atoms with Crippen LogP contribution in [0.15, 0.2) is 23.1 Å². The molecule has 0 aliphatic heterocycles. The first kappa shape index (κ1) is 14.3. The molecule has 0 saturated carbocycles. The van der Waals surface area contributed by atoms with E-state index in [1.165, 1.54) is 25.1 Å². The largest absolute Gasteiger partial charge is 0.284 e. The molecule has 0 amide bonds. The molecule has 0 aromatic heterocycles. The number of anilines is 1. The molecule has 1 rings (SSSR count). The fourth-order valence-corrected chi connectivity index (χ4v) is 3.06. The highest BCUT2D eigenvalue weighted by atomic mass is 35.7. The number of rotatable bonds is 4. The van der Waals surface area contributed by atoms with E-state index in [2.05, 4.69) is 4.72 Å². The van der Waals surface area contributed by atoms with Crippen molar-refractivity contribution in [3.8, 4) is 0 Å². The zero-order valence-electron chi connectivity index (χ0n) is 9.27. The van der Waals surface area contributed by atoms with Crippen LogP contribution < -0.4 is 4.72 Å². The average molecular weight is 298 g/mol. The number of halogens is 1. The summed E-state index contributed by atoms with van der Waals surface area (Å²) in [6.07, 6.45) is 0. The summed E-state index contributed by atoms with van der Waals surface area (Å²) < 4.78 is 47.2. The third kappa shape index (κ3) is 3.86. The Hall–Kier alpha value is -0.790. The van der Waals surface area contributed by atoms with Crippen LogP contribution in [0.25, 0.3) is 0 Å². The Kier molecular flexibility index (Phi) is 4.06. The first-order chi connectivity index (χ1) is 7.65. The molecule has 5 nitrogen and oxygen atoms in total. The summed E-state index contributed by atoms with van der Waals surface area (Å²) in [6, 6.07) is 4.04. The minimum absolute atomic E-state index is 0.0291. The number of nitrogens with one attached hydrogen (secondary N) is 1. The lowest BCUT2D eigenvalue weighted by Gasteiger charge is -2.08. The lowest BCUT2D eigenvalue weighted by molar-refractivity contribution is 0.602. The molecule has 1 N–H and O–H groups in total. The smallest absolute Gasteiger partial charge is 0.261 e. The maximum absolute atomic E-state index is 11.3. The third-order valence-corrected chi connectivity index (χ3v) is 4.88. The second-order valence-corrected chi connectivity index (χ2v) is 7.97. The minimum atomic E-state index is -3.80. The summed E-state index contributed by atoms with van der Waals surface area (Å²) in [5.74, 6) is -0.0540. The molecule has 0 atom stereocenters. The molecule has 0 unspecified atom stereocenters. The van der Waals surface area contributed by atoms with E-state index in [9.17, 15) is 16.8 Å². The van der Waals surface area contributed by atoms with Gasteiger partial charge in [0.25, 0.3) is 9.05 Å². The summed E-state index contributed by atoms with van der Waals surface area (Å²) in [6.45, 7) is 3.05. The molecule has 96 valence electrons. The van der Waals surface area contributed by atoms with E-state index in [0.717, 1.165) is 0 Å². The van der Waals surface area contributed by atoms with Gasteiger partial charge in [0.2, 0.25) is 10.0 Å². The standard InChI is InChI=1S/C9H12ClNO4S2/c1-3-16(12,13)11-8-4-5-9(7(2)6-8)17(10,14)15/h4-6,11H,3H2,1-2H3. The highest BCUT2D eigenvalue weighted by molar-refractivity contribution is 8.13. The van der Waals surface area contributed by atoms with Gasteiger partial charge in [0, 0.05) is 16.4 Å². The molecular formula is C9H12ClNO4S2. The van der Waals surface area contributed by atoms with Crippen LogP contribution in [-0.4, -0.2) is 22.6 Å². The summed E-state index contributed by atoms with van der Waals surface area (Å²) in [7, 11) is -1.96. The average Bonchev–Trinajstić information content (AvgIpc) is 2.15. The van der Waals surface area contributed by atoms with Gasteiger partial charge in [-0.05, 0) is 37.6 Å². The zero-order valence-corrected chi connectivity index (χ0v) is 11.7. The van der Waals surface area contributed by atoms with Gasteiger partial charge in [-0.15, -0.1) is 0 Å². The summed E-state index contributed by atoms with van der Waals surface area (Å²) in [5, 5.41) is 0. The van der Waals surface area contributed by atoms with Crippen molar-refractivity contribution in [2.24, 2.45) is 0 Å². The van der Waals surface area contributed by atoms with Crippen molar-refractivity contribution in [2.75, 3.05) is 10.5 Å². The van der Waals surface area contributed by atoms with Crippen LogP contribution in [0, 0.1) is 6.92 Å². The van der Waals surface area contributed by atoms with Gasteiger partial charge < -0.3 is 0 Å². The molecular weight excluding hydrogens is 286 g/mol. The lowest BCUT2D eigenvalue weighted by atomic mass is 10.2. The normalized spacial score (nSPS) is 12.4. The molecule has 0 fully saturated rings. The Morgan fingerprint density at radius 1 is 1.24 bits per heavy atom. The number of hydrogen-bond acceptors (Lipinski definition) is 4. The molecule has 0 spiro atoms. The van der Waals surface area contributed by atoms with E-state index in [1.54, 1.807) is 6.92 Å². The summed E-state index contributed by atoms with van der Waals surface area (Å²) in [4.78, 5) is -0.0291. The van der Waals surface area contributed by atoms with Crippen LogP contribution >= 0.6 is 10.7 Å². The van der Waals surface area contributed by atoms with E-state index >= 15 is 0 Å². The maximum Gasteiger partial charge on any atom is 0.261 e. The van der Waals surface area contributed by atoms with Crippen molar-refractivity contribution in [1.82, 2.24) is 0 Å². The van der Waals surface area contributed by atoms with Crippen LogP contribution in [0.5, 0.6) is 0 Å². The minimum Gasteiger partial charge on any atom is -0.284 e. The Morgan fingerprint density at radius 3 is 2.24 bits per heavy atom. The van der Waals surface area contributed by atoms with Crippen LogP contribution in [-0.2, 0) is 19.1 Å².